The molecule has 0 spiro atoms. The van der Waals surface area contributed by atoms with Crippen molar-refractivity contribution in [3.8, 4) is 0 Å². The summed E-state index contributed by atoms with van der Waals surface area (Å²) in [6.45, 7) is 3.60. The standard InChI is InChI=1S/C47H63F11S/c1-31(15-11-7-3-5-9-13-17-33-19-23-35(24-20-33)43(52)45(54)37-27-39(48)32(2)40(49)28-37)16-12-8-4-6-10-14-18-34-21-25-36(26-22-34)44(53)46(55)38-29-41(50)47(42(51)30-38)59(56,57)58/h27-31,33-36H,3-26H2,1-2H3/b45-43+,46-44+. The van der Waals surface area contributed by atoms with Crippen LogP contribution in [0.3, 0.4) is 0 Å². The highest BCUT2D eigenvalue weighted by atomic mass is 32.3. The average Bonchev–Trinajstić information content (AvgIpc) is 3.20. The molecule has 334 valence electrons. The zero-order valence-corrected chi connectivity index (χ0v) is 35.5. The van der Waals surface area contributed by atoms with Crippen LogP contribution in [0.2, 0.25) is 0 Å². The van der Waals surface area contributed by atoms with E-state index in [-0.39, 0.29) is 23.3 Å². The molecule has 0 radical (unpaired) electrons. The van der Waals surface area contributed by atoms with Gasteiger partial charge < -0.3 is 0 Å². The largest absolute Gasteiger partial charge is 0.243 e. The Morgan fingerprint density at radius 1 is 0.508 bits per heavy atom. The second-order valence-electron chi connectivity index (χ2n) is 17.5. The van der Waals surface area contributed by atoms with Crippen LogP contribution in [0.25, 0.3) is 11.7 Å². The zero-order valence-electron chi connectivity index (χ0n) is 34.7. The van der Waals surface area contributed by atoms with E-state index in [0.29, 0.717) is 50.4 Å². The Morgan fingerprint density at radius 3 is 1.19 bits per heavy atom. The lowest BCUT2D eigenvalue weighted by atomic mass is 9.79. The first-order valence-corrected chi connectivity index (χ1v) is 23.4. The minimum atomic E-state index is -6.19. The molecule has 4 rings (SSSR count). The highest BCUT2D eigenvalue weighted by Gasteiger charge is 2.34. The van der Waals surface area contributed by atoms with Crippen molar-refractivity contribution in [3.05, 3.63) is 75.9 Å². The van der Waals surface area contributed by atoms with E-state index in [1.807, 2.05) is 0 Å². The predicted molar refractivity (Wildman–Crippen MR) is 219 cm³/mol. The van der Waals surface area contributed by atoms with Crippen LogP contribution in [0.15, 0.2) is 40.8 Å². The number of hydrogen-bond acceptors (Lipinski definition) is 0. The first kappa shape index (κ1) is 49.2. The van der Waals surface area contributed by atoms with Gasteiger partial charge in [-0.25, -0.2) is 35.1 Å². The van der Waals surface area contributed by atoms with E-state index in [2.05, 4.69) is 6.92 Å². The molecule has 2 saturated carbocycles. The van der Waals surface area contributed by atoms with Crippen LogP contribution in [-0.2, 0) is 0 Å². The summed E-state index contributed by atoms with van der Waals surface area (Å²) >= 11 is -6.19. The van der Waals surface area contributed by atoms with Gasteiger partial charge in [-0.15, -0.1) is 11.7 Å². The molecule has 0 heterocycles. The molecule has 0 saturated heterocycles. The molecule has 2 aromatic carbocycles. The quantitative estimate of drug-likeness (QED) is 0.0771. The number of rotatable bonds is 23. The summed E-state index contributed by atoms with van der Waals surface area (Å²) in [6, 6.07) is 2.15. The number of benzene rings is 2. The minimum absolute atomic E-state index is 0.206. The molecule has 0 bridgehead atoms. The number of unbranched alkanes of at least 4 members (excludes halogenated alkanes) is 10. The number of hydrogen-bond donors (Lipinski definition) is 0. The molecular formula is C47H63F11S. The molecule has 2 aliphatic carbocycles. The van der Waals surface area contributed by atoms with Gasteiger partial charge in [-0.3, -0.25) is 0 Å². The lowest BCUT2D eigenvalue weighted by Gasteiger charge is -2.28. The molecule has 1 atom stereocenters. The Morgan fingerprint density at radius 2 is 0.831 bits per heavy atom. The van der Waals surface area contributed by atoms with E-state index >= 15 is 0 Å². The Labute approximate surface area is 347 Å². The van der Waals surface area contributed by atoms with Gasteiger partial charge in [0.25, 0.3) is 0 Å². The van der Waals surface area contributed by atoms with Gasteiger partial charge in [0.15, 0.2) is 11.7 Å². The van der Waals surface area contributed by atoms with Gasteiger partial charge in [-0.2, -0.15) is 0 Å². The molecule has 0 amide bonds. The Bertz CT molecular complexity index is 1620. The maximum absolute atomic E-state index is 14.9. The summed E-state index contributed by atoms with van der Waals surface area (Å²) in [5, 5.41) is 0. The zero-order chi connectivity index (χ0) is 43.1. The topological polar surface area (TPSA) is 0 Å². The molecule has 59 heavy (non-hydrogen) atoms. The lowest BCUT2D eigenvalue weighted by Crippen LogP contribution is -2.15. The Hall–Kier alpha value is -2.50. The smallest absolute Gasteiger partial charge is 0.208 e. The first-order chi connectivity index (χ1) is 28.1. The summed E-state index contributed by atoms with van der Waals surface area (Å²) < 4.78 is 153. The number of halogens is 11. The molecule has 0 aliphatic heterocycles. The van der Waals surface area contributed by atoms with Crippen molar-refractivity contribution in [1.82, 2.24) is 0 Å². The van der Waals surface area contributed by atoms with E-state index in [9.17, 15) is 46.8 Å². The van der Waals surface area contributed by atoms with Crippen molar-refractivity contribution in [2.45, 2.75) is 173 Å². The average molecular weight is 869 g/mol. The van der Waals surface area contributed by atoms with Crippen molar-refractivity contribution < 1.29 is 46.8 Å². The van der Waals surface area contributed by atoms with E-state index in [0.717, 1.165) is 63.0 Å². The molecule has 2 aliphatic rings. The maximum Gasteiger partial charge on any atom is 0.243 e. The molecule has 12 heteroatoms. The van der Waals surface area contributed by atoms with Crippen molar-refractivity contribution in [2.75, 3.05) is 0 Å². The van der Waals surface area contributed by atoms with Crippen LogP contribution >= 0.6 is 11.2 Å². The summed E-state index contributed by atoms with van der Waals surface area (Å²) in [6.07, 6.45) is 24.0. The fourth-order valence-electron chi connectivity index (χ4n) is 9.13. The maximum atomic E-state index is 14.9. The van der Waals surface area contributed by atoms with Crippen LogP contribution in [-0.4, -0.2) is 0 Å². The van der Waals surface area contributed by atoms with Crippen LogP contribution in [0, 0.1) is 59.8 Å². The minimum Gasteiger partial charge on any atom is -0.208 e. The van der Waals surface area contributed by atoms with E-state index in [4.69, 9.17) is 0 Å². The molecule has 1 unspecified atom stereocenters. The van der Waals surface area contributed by atoms with Gasteiger partial charge in [-0.05, 0) is 100 Å². The molecule has 2 fully saturated rings. The van der Waals surface area contributed by atoms with Crippen LogP contribution in [0.1, 0.15) is 178 Å². The molecular weight excluding hydrogens is 806 g/mol. The summed E-state index contributed by atoms with van der Waals surface area (Å²) in [5.74, 6) is -9.93. The summed E-state index contributed by atoms with van der Waals surface area (Å²) in [7, 11) is 0. The number of allylic oxidation sites excluding steroid dienone is 2. The van der Waals surface area contributed by atoms with E-state index in [1.54, 1.807) is 0 Å². The monoisotopic (exact) mass is 868 g/mol. The molecule has 0 nitrogen and oxygen atoms in total. The predicted octanol–water partition coefficient (Wildman–Crippen LogP) is 18.8. The summed E-state index contributed by atoms with van der Waals surface area (Å²) in [4.78, 5) is -2.03. The molecule has 0 aromatic heterocycles. The summed E-state index contributed by atoms with van der Waals surface area (Å²) in [5.41, 5.74) is -1.43. The Kier molecular flexibility index (Phi) is 20.2. The second-order valence-corrected chi connectivity index (χ2v) is 18.7. The van der Waals surface area contributed by atoms with E-state index in [1.165, 1.54) is 77.6 Å². The highest BCUT2D eigenvalue weighted by molar-refractivity contribution is 8.20. The normalized spacial score (nSPS) is 21.9. The SMILES string of the molecule is Cc1c(F)cc(/C(F)=C(\F)C2CCC(CCCCCCCCC(C)CCCCCCCCC3CCC(/C(F)=C(\F)c4cc(F)c(S(F)(F)F)c(F)c4)CC3)CC2)cc1F. The third kappa shape index (κ3) is 15.4. The van der Waals surface area contributed by atoms with Crippen molar-refractivity contribution in [1.29, 1.82) is 0 Å². The lowest BCUT2D eigenvalue weighted by molar-refractivity contribution is 0.257. The Balaban J connectivity index is 0.949. The van der Waals surface area contributed by atoms with Crippen LogP contribution in [0.4, 0.5) is 46.8 Å². The van der Waals surface area contributed by atoms with Crippen molar-refractivity contribution in [3.63, 3.8) is 0 Å². The van der Waals surface area contributed by atoms with Crippen molar-refractivity contribution in [2.24, 2.45) is 29.6 Å². The highest BCUT2D eigenvalue weighted by Crippen LogP contribution is 2.62. The third-order valence-electron chi connectivity index (χ3n) is 13.0. The third-order valence-corrected chi connectivity index (χ3v) is 13.8. The van der Waals surface area contributed by atoms with Crippen molar-refractivity contribution >= 4 is 22.8 Å². The van der Waals surface area contributed by atoms with Gasteiger partial charge in [-0.1, -0.05) is 110 Å². The van der Waals surface area contributed by atoms with Gasteiger partial charge in [0, 0.05) is 28.5 Å². The fourth-order valence-corrected chi connectivity index (χ4v) is 9.69. The van der Waals surface area contributed by atoms with Gasteiger partial charge in [0.2, 0.25) is 11.2 Å². The van der Waals surface area contributed by atoms with Crippen LogP contribution in [0.5, 0.6) is 0 Å². The van der Waals surface area contributed by atoms with E-state index < -0.39 is 80.1 Å². The first-order valence-electron chi connectivity index (χ1n) is 22.0. The molecule has 2 aromatic rings. The van der Waals surface area contributed by atoms with Gasteiger partial charge in [0.05, 0.1) is 0 Å². The second kappa shape index (κ2) is 24.2. The molecule has 0 N–H and O–H groups in total. The van der Waals surface area contributed by atoms with Crippen LogP contribution < -0.4 is 0 Å². The fraction of sp³-hybridized carbons (Fsp3) is 0.660. The van der Waals surface area contributed by atoms with Gasteiger partial charge in [0.1, 0.15) is 39.8 Å². The van der Waals surface area contributed by atoms with Gasteiger partial charge >= 0.3 is 0 Å².